The Morgan fingerprint density at radius 1 is 1.22 bits per heavy atom. The van der Waals surface area contributed by atoms with Crippen molar-refractivity contribution in [3.05, 3.63) is 12.2 Å². The third-order valence-corrected chi connectivity index (χ3v) is 5.07. The number of carbonyl (C=O) groups is 2. The summed E-state index contributed by atoms with van der Waals surface area (Å²) >= 11 is 0. The van der Waals surface area contributed by atoms with Gasteiger partial charge in [0.25, 0.3) is 0 Å². The SMILES string of the molecule is CC(O)C(C)(C)N1C(=O)C2C3C=CC(C3)C2C1=O. The summed E-state index contributed by atoms with van der Waals surface area (Å²) < 4.78 is 0. The number of fused-ring (bicyclic) bond motifs is 5. The number of allylic oxidation sites excluding steroid dienone is 2. The van der Waals surface area contributed by atoms with Gasteiger partial charge in [-0.2, -0.15) is 0 Å². The number of hydrogen-bond donors (Lipinski definition) is 1. The first-order chi connectivity index (χ1) is 8.35. The highest BCUT2D eigenvalue weighted by Gasteiger charge is 2.62. The van der Waals surface area contributed by atoms with Crippen LogP contribution in [0.2, 0.25) is 0 Å². The third-order valence-electron chi connectivity index (χ3n) is 5.07. The fourth-order valence-corrected chi connectivity index (χ4v) is 3.66. The summed E-state index contributed by atoms with van der Waals surface area (Å²) in [6, 6.07) is 0. The molecule has 4 heteroatoms. The van der Waals surface area contributed by atoms with Gasteiger partial charge in [-0.15, -0.1) is 0 Å². The average Bonchev–Trinajstić information content (AvgIpc) is 2.92. The van der Waals surface area contributed by atoms with Gasteiger partial charge in [0.15, 0.2) is 0 Å². The fourth-order valence-electron chi connectivity index (χ4n) is 3.66. The maximum Gasteiger partial charge on any atom is 0.234 e. The normalized spacial score (nSPS) is 39.7. The summed E-state index contributed by atoms with van der Waals surface area (Å²) in [6.07, 6.45) is 4.37. The summed E-state index contributed by atoms with van der Waals surface area (Å²) in [5.41, 5.74) is -0.821. The van der Waals surface area contributed by atoms with Crippen LogP contribution in [0.4, 0.5) is 0 Å². The number of hydrogen-bond acceptors (Lipinski definition) is 3. The maximum atomic E-state index is 12.5. The fraction of sp³-hybridized carbons (Fsp3) is 0.714. The van der Waals surface area contributed by atoms with E-state index in [0.29, 0.717) is 0 Å². The topological polar surface area (TPSA) is 57.6 Å². The third kappa shape index (κ3) is 1.24. The second-order valence-corrected chi connectivity index (χ2v) is 6.34. The summed E-state index contributed by atoms with van der Waals surface area (Å²) in [5, 5.41) is 9.83. The number of aliphatic hydroxyl groups excluding tert-OH is 1. The lowest BCUT2D eigenvalue weighted by atomic mass is 9.85. The molecular formula is C14H19NO3. The minimum atomic E-state index is -0.821. The van der Waals surface area contributed by atoms with Gasteiger partial charge in [-0.25, -0.2) is 0 Å². The van der Waals surface area contributed by atoms with Gasteiger partial charge in [0.05, 0.1) is 23.5 Å². The highest BCUT2D eigenvalue weighted by Crippen LogP contribution is 2.53. The maximum absolute atomic E-state index is 12.5. The number of carbonyl (C=O) groups excluding carboxylic acids is 2. The smallest absolute Gasteiger partial charge is 0.234 e. The van der Waals surface area contributed by atoms with Crippen molar-refractivity contribution in [2.45, 2.75) is 38.8 Å². The largest absolute Gasteiger partial charge is 0.391 e. The van der Waals surface area contributed by atoms with E-state index >= 15 is 0 Å². The molecule has 1 N–H and O–H groups in total. The van der Waals surface area contributed by atoms with Gasteiger partial charge in [-0.3, -0.25) is 14.5 Å². The number of imide groups is 1. The van der Waals surface area contributed by atoms with E-state index in [2.05, 4.69) is 12.2 Å². The molecule has 3 aliphatic rings. The Hall–Kier alpha value is -1.16. The lowest BCUT2D eigenvalue weighted by Gasteiger charge is -2.37. The van der Waals surface area contributed by atoms with Crippen molar-refractivity contribution in [1.29, 1.82) is 0 Å². The molecule has 2 aliphatic carbocycles. The van der Waals surface area contributed by atoms with Crippen LogP contribution in [0, 0.1) is 23.7 Å². The van der Waals surface area contributed by atoms with Crippen molar-refractivity contribution in [2.24, 2.45) is 23.7 Å². The molecule has 0 aromatic carbocycles. The first kappa shape index (κ1) is 11.9. The Kier molecular flexibility index (Phi) is 2.28. The number of amides is 2. The highest BCUT2D eigenvalue weighted by atomic mass is 16.3. The van der Waals surface area contributed by atoms with Crippen LogP contribution in [-0.4, -0.2) is 33.5 Å². The van der Waals surface area contributed by atoms with Crippen molar-refractivity contribution in [1.82, 2.24) is 4.90 Å². The first-order valence-corrected chi connectivity index (χ1v) is 6.60. The molecule has 2 bridgehead atoms. The second-order valence-electron chi connectivity index (χ2n) is 6.34. The van der Waals surface area contributed by atoms with Gasteiger partial charge in [0, 0.05) is 0 Å². The van der Waals surface area contributed by atoms with E-state index in [-0.39, 0.29) is 35.5 Å². The molecule has 1 saturated heterocycles. The Morgan fingerprint density at radius 2 is 1.67 bits per heavy atom. The predicted octanol–water partition coefficient (Wildman–Crippen LogP) is 0.953. The molecule has 1 saturated carbocycles. The van der Waals surface area contributed by atoms with E-state index < -0.39 is 11.6 Å². The summed E-state index contributed by atoms with van der Waals surface area (Å²) in [7, 11) is 0. The molecular weight excluding hydrogens is 230 g/mol. The van der Waals surface area contributed by atoms with E-state index in [9.17, 15) is 14.7 Å². The zero-order valence-corrected chi connectivity index (χ0v) is 11.0. The van der Waals surface area contributed by atoms with E-state index in [1.807, 2.05) is 0 Å². The lowest BCUT2D eigenvalue weighted by Crippen LogP contribution is -2.55. The Morgan fingerprint density at radius 3 is 2.06 bits per heavy atom. The molecule has 3 rings (SSSR count). The van der Waals surface area contributed by atoms with Crippen molar-refractivity contribution < 1.29 is 14.7 Å². The molecule has 4 nitrogen and oxygen atoms in total. The minimum absolute atomic E-state index is 0.0900. The monoisotopic (exact) mass is 249 g/mol. The van der Waals surface area contributed by atoms with Crippen molar-refractivity contribution >= 4 is 11.8 Å². The molecule has 1 aliphatic heterocycles. The van der Waals surface area contributed by atoms with Gasteiger partial charge in [-0.05, 0) is 39.0 Å². The molecule has 2 fully saturated rings. The number of likely N-dealkylation sites (tertiary alicyclic amines) is 1. The van der Waals surface area contributed by atoms with Gasteiger partial charge < -0.3 is 5.11 Å². The van der Waals surface area contributed by atoms with Crippen LogP contribution in [0.15, 0.2) is 12.2 Å². The first-order valence-electron chi connectivity index (χ1n) is 6.60. The predicted molar refractivity (Wildman–Crippen MR) is 65.3 cm³/mol. The molecule has 18 heavy (non-hydrogen) atoms. The molecule has 0 spiro atoms. The van der Waals surface area contributed by atoms with Crippen molar-refractivity contribution in [2.75, 3.05) is 0 Å². The molecule has 5 unspecified atom stereocenters. The van der Waals surface area contributed by atoms with Crippen LogP contribution in [0.3, 0.4) is 0 Å². The number of aliphatic hydroxyl groups is 1. The summed E-state index contributed by atoms with van der Waals surface area (Å²) in [4.78, 5) is 26.3. The molecule has 0 aromatic rings. The molecule has 1 heterocycles. The zero-order valence-electron chi connectivity index (χ0n) is 11.0. The van der Waals surface area contributed by atoms with E-state index in [1.165, 1.54) is 4.90 Å². The molecule has 5 atom stereocenters. The van der Waals surface area contributed by atoms with Crippen LogP contribution in [0.5, 0.6) is 0 Å². The lowest BCUT2D eigenvalue weighted by molar-refractivity contribution is -0.151. The second kappa shape index (κ2) is 3.44. The Balaban J connectivity index is 1.98. The molecule has 2 amide bonds. The quantitative estimate of drug-likeness (QED) is 0.585. The van der Waals surface area contributed by atoms with Gasteiger partial charge >= 0.3 is 0 Å². The molecule has 0 aromatic heterocycles. The van der Waals surface area contributed by atoms with Crippen molar-refractivity contribution in [3.8, 4) is 0 Å². The Bertz CT molecular complexity index is 422. The minimum Gasteiger partial charge on any atom is -0.391 e. The summed E-state index contributed by atoms with van der Waals surface area (Å²) in [5.74, 6) is -0.0750. The van der Waals surface area contributed by atoms with E-state index in [4.69, 9.17) is 0 Å². The van der Waals surface area contributed by atoms with E-state index in [1.54, 1.807) is 20.8 Å². The molecule has 98 valence electrons. The van der Waals surface area contributed by atoms with Crippen molar-refractivity contribution in [3.63, 3.8) is 0 Å². The van der Waals surface area contributed by atoms with Crippen LogP contribution in [0.25, 0.3) is 0 Å². The van der Waals surface area contributed by atoms with Crippen LogP contribution in [0.1, 0.15) is 27.2 Å². The Labute approximate surface area is 107 Å². The molecule has 0 radical (unpaired) electrons. The van der Waals surface area contributed by atoms with Crippen LogP contribution >= 0.6 is 0 Å². The van der Waals surface area contributed by atoms with Crippen LogP contribution in [-0.2, 0) is 9.59 Å². The number of rotatable bonds is 2. The van der Waals surface area contributed by atoms with E-state index in [0.717, 1.165) is 6.42 Å². The van der Waals surface area contributed by atoms with Crippen LogP contribution < -0.4 is 0 Å². The van der Waals surface area contributed by atoms with Gasteiger partial charge in [-0.1, -0.05) is 12.2 Å². The van der Waals surface area contributed by atoms with Gasteiger partial charge in [0.2, 0.25) is 11.8 Å². The zero-order chi connectivity index (χ0) is 13.2. The standard InChI is InChI=1S/C14H19NO3/c1-7(16)14(2,3)15-12(17)10-8-4-5-9(6-8)11(10)13(15)18/h4-5,7-11,16H,6H2,1-3H3. The number of nitrogens with zero attached hydrogens (tertiary/aromatic N) is 1. The highest BCUT2D eigenvalue weighted by molar-refractivity contribution is 6.07. The summed E-state index contributed by atoms with van der Waals surface area (Å²) in [6.45, 7) is 5.13. The van der Waals surface area contributed by atoms with Gasteiger partial charge in [0.1, 0.15) is 0 Å². The average molecular weight is 249 g/mol.